The average molecular weight is 610 g/mol. The molecule has 0 heterocycles. The predicted octanol–water partition coefficient (Wildman–Crippen LogP) is 5.96. The minimum absolute atomic E-state index is 0.201. The Morgan fingerprint density at radius 2 is 1.43 bits per heavy atom. The number of rotatable bonds is 11. The van der Waals surface area contributed by atoms with Crippen molar-refractivity contribution in [2.24, 2.45) is 0 Å². The molecule has 2 rings (SSSR count). The average Bonchev–Trinajstić information content (AvgIpc) is 2.89. The SMILES string of the molecule is CCC(C)(C)N(C(=O)CNC(=O)OC(C)(C)C)C(C(=O)NC(Cc1ccccc1)C(=O)OC(C)(C)C)c1ccc(C)cc1C. The third kappa shape index (κ3) is 11.0. The van der Waals surface area contributed by atoms with E-state index in [9.17, 15) is 19.2 Å². The molecular formula is C35H51N3O6. The van der Waals surface area contributed by atoms with Crippen molar-refractivity contribution in [2.45, 2.75) is 118 Å². The van der Waals surface area contributed by atoms with Gasteiger partial charge in [-0.25, -0.2) is 9.59 Å². The van der Waals surface area contributed by atoms with E-state index in [-0.39, 0.29) is 13.0 Å². The maximum absolute atomic E-state index is 14.5. The molecule has 0 aliphatic rings. The predicted molar refractivity (Wildman–Crippen MR) is 172 cm³/mol. The lowest BCUT2D eigenvalue weighted by Gasteiger charge is -2.43. The van der Waals surface area contributed by atoms with E-state index in [1.54, 1.807) is 41.5 Å². The molecule has 0 radical (unpaired) electrons. The fraction of sp³-hybridized carbons (Fsp3) is 0.543. The van der Waals surface area contributed by atoms with E-state index >= 15 is 0 Å². The second kappa shape index (κ2) is 14.7. The number of hydrogen-bond acceptors (Lipinski definition) is 6. The van der Waals surface area contributed by atoms with Crippen molar-refractivity contribution in [3.8, 4) is 0 Å². The normalized spacial score (nSPS) is 13.3. The van der Waals surface area contributed by atoms with Gasteiger partial charge in [-0.1, -0.05) is 61.0 Å². The zero-order valence-electron chi connectivity index (χ0n) is 28.3. The molecule has 2 unspecified atom stereocenters. The van der Waals surface area contributed by atoms with Crippen LogP contribution in [0, 0.1) is 13.8 Å². The van der Waals surface area contributed by atoms with E-state index in [0.29, 0.717) is 12.0 Å². The summed E-state index contributed by atoms with van der Waals surface area (Å²) in [5, 5.41) is 5.48. The van der Waals surface area contributed by atoms with Crippen molar-refractivity contribution in [3.63, 3.8) is 0 Å². The Kier molecular flexibility index (Phi) is 12.2. The molecule has 2 aromatic carbocycles. The molecule has 2 aromatic rings. The number of benzene rings is 2. The van der Waals surface area contributed by atoms with Gasteiger partial charge < -0.3 is 25.0 Å². The summed E-state index contributed by atoms with van der Waals surface area (Å²) in [5.41, 5.74) is 0.938. The first-order chi connectivity index (χ1) is 20.2. The number of carbonyl (C=O) groups is 4. The van der Waals surface area contributed by atoms with Crippen LogP contribution in [0.4, 0.5) is 4.79 Å². The summed E-state index contributed by atoms with van der Waals surface area (Å²) >= 11 is 0. The number of aryl methyl sites for hydroxylation is 2. The zero-order chi connectivity index (χ0) is 33.5. The molecule has 0 aliphatic heterocycles. The number of esters is 1. The van der Waals surface area contributed by atoms with E-state index in [4.69, 9.17) is 9.47 Å². The van der Waals surface area contributed by atoms with Gasteiger partial charge >= 0.3 is 12.1 Å². The summed E-state index contributed by atoms with van der Waals surface area (Å²) in [4.78, 5) is 55.8. The second-order valence-corrected chi connectivity index (χ2v) is 13.8. The first-order valence-electron chi connectivity index (χ1n) is 15.2. The van der Waals surface area contributed by atoms with E-state index in [0.717, 1.165) is 16.7 Å². The lowest BCUT2D eigenvalue weighted by Crippen LogP contribution is -2.58. The Morgan fingerprint density at radius 3 is 1.95 bits per heavy atom. The van der Waals surface area contributed by atoms with Gasteiger partial charge in [0.15, 0.2) is 0 Å². The number of ether oxygens (including phenoxy) is 2. The summed E-state index contributed by atoms with van der Waals surface area (Å²) in [6, 6.07) is 12.9. The number of amides is 3. The van der Waals surface area contributed by atoms with Gasteiger partial charge in [0.05, 0.1) is 0 Å². The number of carbonyl (C=O) groups excluding carboxylic acids is 4. The van der Waals surface area contributed by atoms with Crippen molar-refractivity contribution >= 4 is 23.9 Å². The molecule has 0 aromatic heterocycles. The lowest BCUT2D eigenvalue weighted by molar-refractivity contribution is -0.159. The van der Waals surface area contributed by atoms with Gasteiger partial charge in [-0.3, -0.25) is 9.59 Å². The Balaban J connectivity index is 2.60. The van der Waals surface area contributed by atoms with Crippen LogP contribution in [0.5, 0.6) is 0 Å². The van der Waals surface area contributed by atoms with Crippen LogP contribution in [0.15, 0.2) is 48.5 Å². The van der Waals surface area contributed by atoms with Gasteiger partial charge in [0.2, 0.25) is 11.8 Å². The maximum atomic E-state index is 14.5. The number of nitrogens with zero attached hydrogens (tertiary/aromatic N) is 1. The van der Waals surface area contributed by atoms with Crippen LogP contribution < -0.4 is 10.6 Å². The summed E-state index contributed by atoms with van der Waals surface area (Å²) in [5.74, 6) is -1.58. The standard InChI is InChI=1S/C35H51N3O6/c1-12-35(10,11)38(28(39)22-36-32(42)44-34(7,8)9)29(26-19-18-23(2)20-24(26)3)30(40)37-27(31(41)43-33(4,5)6)21-25-16-14-13-15-17-25/h13-20,27,29H,12,21-22H2,1-11H3,(H,36,42)(H,37,40). The van der Waals surface area contributed by atoms with Gasteiger partial charge in [0, 0.05) is 12.0 Å². The quantitative estimate of drug-likeness (QED) is 0.304. The minimum Gasteiger partial charge on any atom is -0.458 e. The Hall–Kier alpha value is -3.88. The summed E-state index contributed by atoms with van der Waals surface area (Å²) in [6.45, 7) is 19.6. The molecule has 0 aliphatic carbocycles. The molecule has 0 bridgehead atoms. The van der Waals surface area contributed by atoms with Crippen LogP contribution in [0.3, 0.4) is 0 Å². The fourth-order valence-corrected chi connectivity index (χ4v) is 4.75. The highest BCUT2D eigenvalue weighted by molar-refractivity contribution is 5.93. The molecule has 0 spiro atoms. The molecule has 44 heavy (non-hydrogen) atoms. The topological polar surface area (TPSA) is 114 Å². The summed E-state index contributed by atoms with van der Waals surface area (Å²) in [7, 11) is 0. The highest BCUT2D eigenvalue weighted by atomic mass is 16.6. The van der Waals surface area contributed by atoms with Crippen molar-refractivity contribution in [1.29, 1.82) is 0 Å². The molecule has 2 N–H and O–H groups in total. The zero-order valence-corrected chi connectivity index (χ0v) is 28.3. The maximum Gasteiger partial charge on any atom is 0.408 e. The van der Waals surface area contributed by atoms with Crippen molar-refractivity contribution in [1.82, 2.24) is 15.5 Å². The summed E-state index contributed by atoms with van der Waals surface area (Å²) < 4.78 is 11.0. The molecule has 9 heteroatoms. The van der Waals surface area contributed by atoms with Crippen LogP contribution in [0.25, 0.3) is 0 Å². The Labute approximate surface area is 263 Å². The van der Waals surface area contributed by atoms with E-state index in [2.05, 4.69) is 10.6 Å². The highest BCUT2D eigenvalue weighted by Gasteiger charge is 2.42. The number of hydrogen-bond donors (Lipinski definition) is 2. The molecule has 0 saturated heterocycles. The lowest BCUT2D eigenvalue weighted by atomic mass is 9.90. The fourth-order valence-electron chi connectivity index (χ4n) is 4.75. The molecule has 242 valence electrons. The Morgan fingerprint density at radius 1 is 0.841 bits per heavy atom. The van der Waals surface area contributed by atoms with Gasteiger partial charge in [-0.05, 0) is 92.3 Å². The largest absolute Gasteiger partial charge is 0.458 e. The molecule has 3 amide bonds. The van der Waals surface area contributed by atoms with Gasteiger partial charge in [0.1, 0.15) is 29.8 Å². The van der Waals surface area contributed by atoms with Crippen molar-refractivity contribution in [3.05, 3.63) is 70.8 Å². The van der Waals surface area contributed by atoms with E-state index in [1.807, 2.05) is 83.1 Å². The van der Waals surface area contributed by atoms with Gasteiger partial charge in [-0.15, -0.1) is 0 Å². The molecule has 9 nitrogen and oxygen atoms in total. The number of nitrogens with one attached hydrogen (secondary N) is 2. The van der Waals surface area contributed by atoms with Crippen molar-refractivity contribution < 1.29 is 28.7 Å². The molecule has 2 atom stereocenters. The third-order valence-electron chi connectivity index (χ3n) is 7.09. The number of alkyl carbamates (subject to hydrolysis) is 1. The van der Waals surface area contributed by atoms with Crippen LogP contribution in [0.2, 0.25) is 0 Å². The first kappa shape index (κ1) is 36.3. The smallest absolute Gasteiger partial charge is 0.408 e. The van der Waals surface area contributed by atoms with E-state index in [1.165, 1.54) is 4.90 Å². The van der Waals surface area contributed by atoms with Crippen molar-refractivity contribution in [2.75, 3.05) is 6.54 Å². The highest BCUT2D eigenvalue weighted by Crippen LogP contribution is 2.33. The van der Waals surface area contributed by atoms with Crippen LogP contribution in [-0.4, -0.2) is 58.1 Å². The van der Waals surface area contributed by atoms with E-state index < -0.39 is 52.7 Å². The monoisotopic (exact) mass is 609 g/mol. The molecular weight excluding hydrogens is 558 g/mol. The minimum atomic E-state index is -1.11. The second-order valence-electron chi connectivity index (χ2n) is 13.8. The third-order valence-corrected chi connectivity index (χ3v) is 7.09. The Bertz CT molecular complexity index is 1310. The molecule has 0 saturated carbocycles. The first-order valence-corrected chi connectivity index (χ1v) is 15.2. The molecule has 0 fully saturated rings. The summed E-state index contributed by atoms with van der Waals surface area (Å²) in [6.07, 6.45) is -0.0216. The van der Waals surface area contributed by atoms with Gasteiger partial charge in [0.25, 0.3) is 0 Å². The van der Waals surface area contributed by atoms with Crippen LogP contribution >= 0.6 is 0 Å². The van der Waals surface area contributed by atoms with Gasteiger partial charge in [-0.2, -0.15) is 0 Å². The van der Waals surface area contributed by atoms with Crippen LogP contribution in [-0.2, 0) is 30.3 Å². The van der Waals surface area contributed by atoms with Crippen LogP contribution in [0.1, 0.15) is 97.0 Å².